The van der Waals surface area contributed by atoms with Gasteiger partial charge in [-0.25, -0.2) is 9.97 Å². The summed E-state index contributed by atoms with van der Waals surface area (Å²) >= 11 is 0. The van der Waals surface area contributed by atoms with Gasteiger partial charge in [-0.3, -0.25) is 0 Å². The number of hydrogen-bond acceptors (Lipinski definition) is 2. The van der Waals surface area contributed by atoms with Gasteiger partial charge in [0.15, 0.2) is 0 Å². The maximum Gasteiger partial charge on any atom is 0.144 e. The van der Waals surface area contributed by atoms with Gasteiger partial charge in [0.1, 0.15) is 5.65 Å². The Kier molecular flexibility index (Phi) is 1.80. The lowest BCUT2D eigenvalue weighted by molar-refractivity contribution is 1.15. The number of hydrogen-bond donors (Lipinski definition) is 0. The van der Waals surface area contributed by atoms with Crippen LogP contribution in [0.25, 0.3) is 22.3 Å². The summed E-state index contributed by atoms with van der Waals surface area (Å²) in [6, 6.07) is 8.32. The highest BCUT2D eigenvalue weighted by Crippen LogP contribution is 2.24. The second kappa shape index (κ2) is 3.43. The third-order valence-electron chi connectivity index (χ3n) is 3.14. The van der Waals surface area contributed by atoms with Gasteiger partial charge in [0.25, 0.3) is 0 Å². The van der Waals surface area contributed by atoms with Gasteiger partial charge in [0.05, 0.1) is 18.0 Å². The summed E-state index contributed by atoms with van der Waals surface area (Å²) in [7, 11) is 0. The molecule has 0 atom stereocenters. The average molecular weight is 234 g/mol. The van der Waals surface area contributed by atoms with E-state index in [0.29, 0.717) is 0 Å². The number of nitrogens with zero attached hydrogens (tertiary/aromatic N) is 4. The van der Waals surface area contributed by atoms with Crippen LogP contribution >= 0.6 is 0 Å². The third-order valence-corrected chi connectivity index (χ3v) is 3.14. The molecule has 4 heterocycles. The highest BCUT2D eigenvalue weighted by atomic mass is 15.0. The summed E-state index contributed by atoms with van der Waals surface area (Å²) in [5, 5.41) is 0. The van der Waals surface area contributed by atoms with Gasteiger partial charge in [0, 0.05) is 30.4 Å². The second-order valence-electron chi connectivity index (χ2n) is 4.22. The summed E-state index contributed by atoms with van der Waals surface area (Å²) in [5.74, 6) is 0. The Morgan fingerprint density at radius 1 is 1.00 bits per heavy atom. The van der Waals surface area contributed by atoms with E-state index in [9.17, 15) is 0 Å². The van der Waals surface area contributed by atoms with Crippen LogP contribution in [0, 0.1) is 0 Å². The standard InChI is InChI=1S/C14H10N4/c1-2-13(14-16-4-7-17(14)5-1)11-3-6-18-10-15-9-12(18)8-11/h1-10H. The highest BCUT2D eigenvalue weighted by molar-refractivity contribution is 5.79. The fourth-order valence-electron chi connectivity index (χ4n) is 2.26. The number of rotatable bonds is 1. The molecule has 4 aromatic rings. The fraction of sp³-hybridized carbons (Fsp3) is 0. The van der Waals surface area contributed by atoms with Crippen molar-refractivity contribution in [2.45, 2.75) is 0 Å². The van der Waals surface area contributed by atoms with Gasteiger partial charge in [0.2, 0.25) is 0 Å². The van der Waals surface area contributed by atoms with Crippen molar-refractivity contribution in [3.63, 3.8) is 0 Å². The summed E-state index contributed by atoms with van der Waals surface area (Å²) in [6.07, 6.45) is 11.4. The van der Waals surface area contributed by atoms with Crippen LogP contribution in [0.1, 0.15) is 0 Å². The molecule has 0 bridgehead atoms. The quantitative estimate of drug-likeness (QED) is 0.507. The van der Waals surface area contributed by atoms with Crippen molar-refractivity contribution in [3.8, 4) is 11.1 Å². The van der Waals surface area contributed by atoms with Crippen LogP contribution in [0.5, 0.6) is 0 Å². The molecule has 4 aromatic heterocycles. The van der Waals surface area contributed by atoms with Gasteiger partial charge in [-0.15, -0.1) is 0 Å². The number of imidazole rings is 2. The maximum atomic E-state index is 4.40. The minimum absolute atomic E-state index is 0.973. The molecule has 0 fully saturated rings. The van der Waals surface area contributed by atoms with Crippen LogP contribution in [-0.2, 0) is 0 Å². The Balaban J connectivity index is 2.03. The molecular formula is C14H10N4. The molecule has 0 saturated heterocycles. The topological polar surface area (TPSA) is 34.6 Å². The SMILES string of the molecule is c1cc(-c2ccn3cncc3c2)c2nccn2c1. The summed E-state index contributed by atoms with van der Waals surface area (Å²) in [6.45, 7) is 0. The van der Waals surface area contributed by atoms with Crippen LogP contribution in [0.15, 0.2) is 61.6 Å². The van der Waals surface area contributed by atoms with E-state index in [1.54, 1.807) is 6.33 Å². The lowest BCUT2D eigenvalue weighted by atomic mass is 10.1. The molecule has 0 aliphatic rings. The average Bonchev–Trinajstić information content (AvgIpc) is 3.05. The van der Waals surface area contributed by atoms with Crippen molar-refractivity contribution >= 4 is 11.2 Å². The number of fused-ring (bicyclic) bond motifs is 2. The van der Waals surface area contributed by atoms with Gasteiger partial charge in [-0.2, -0.15) is 0 Å². The van der Waals surface area contributed by atoms with E-state index in [4.69, 9.17) is 0 Å². The molecule has 0 unspecified atom stereocenters. The number of aromatic nitrogens is 4. The molecule has 0 N–H and O–H groups in total. The van der Waals surface area contributed by atoms with Crippen LogP contribution in [0.3, 0.4) is 0 Å². The third kappa shape index (κ3) is 1.26. The molecule has 4 heteroatoms. The molecule has 0 spiro atoms. The van der Waals surface area contributed by atoms with E-state index in [-0.39, 0.29) is 0 Å². The van der Waals surface area contributed by atoms with Crippen molar-refractivity contribution in [3.05, 3.63) is 61.6 Å². The minimum Gasteiger partial charge on any atom is -0.307 e. The van der Waals surface area contributed by atoms with E-state index < -0.39 is 0 Å². The largest absolute Gasteiger partial charge is 0.307 e. The van der Waals surface area contributed by atoms with Gasteiger partial charge in [-0.05, 0) is 29.8 Å². The van der Waals surface area contributed by atoms with Crippen LogP contribution in [0.2, 0.25) is 0 Å². The maximum absolute atomic E-state index is 4.40. The van der Waals surface area contributed by atoms with Gasteiger partial charge < -0.3 is 8.80 Å². The molecule has 0 aliphatic heterocycles. The lowest BCUT2D eigenvalue weighted by Crippen LogP contribution is -1.88. The first-order valence-corrected chi connectivity index (χ1v) is 5.75. The van der Waals surface area contributed by atoms with Crippen LogP contribution in [0.4, 0.5) is 0 Å². The van der Waals surface area contributed by atoms with E-state index in [2.05, 4.69) is 28.2 Å². The van der Waals surface area contributed by atoms with Gasteiger partial charge in [-0.1, -0.05) is 0 Å². The number of pyridine rings is 2. The molecule has 0 aliphatic carbocycles. The van der Waals surface area contributed by atoms with E-state index in [0.717, 1.165) is 22.3 Å². The summed E-state index contributed by atoms with van der Waals surface area (Å²) in [5.41, 5.74) is 4.34. The fourth-order valence-corrected chi connectivity index (χ4v) is 2.26. The minimum atomic E-state index is 0.973. The van der Waals surface area contributed by atoms with E-state index in [1.807, 2.05) is 45.9 Å². The first-order chi connectivity index (χ1) is 8.92. The zero-order chi connectivity index (χ0) is 11.9. The Morgan fingerprint density at radius 2 is 2.00 bits per heavy atom. The predicted molar refractivity (Wildman–Crippen MR) is 69.4 cm³/mol. The smallest absolute Gasteiger partial charge is 0.144 e. The van der Waals surface area contributed by atoms with Crippen molar-refractivity contribution in [1.82, 2.24) is 18.8 Å². The molecule has 18 heavy (non-hydrogen) atoms. The van der Waals surface area contributed by atoms with Crippen molar-refractivity contribution in [1.29, 1.82) is 0 Å². The lowest BCUT2D eigenvalue weighted by Gasteiger charge is -2.04. The Bertz CT molecular complexity index is 841. The molecule has 0 aromatic carbocycles. The Morgan fingerprint density at radius 3 is 3.00 bits per heavy atom. The van der Waals surface area contributed by atoms with Crippen LogP contribution in [-0.4, -0.2) is 18.8 Å². The normalized spacial score (nSPS) is 11.3. The Labute approximate surface area is 103 Å². The first-order valence-electron chi connectivity index (χ1n) is 5.75. The first kappa shape index (κ1) is 9.41. The molecular weight excluding hydrogens is 224 g/mol. The van der Waals surface area contributed by atoms with Crippen molar-refractivity contribution in [2.75, 3.05) is 0 Å². The summed E-state index contributed by atoms with van der Waals surface area (Å²) in [4.78, 5) is 8.53. The second-order valence-corrected chi connectivity index (χ2v) is 4.22. The zero-order valence-electron chi connectivity index (χ0n) is 9.56. The van der Waals surface area contributed by atoms with Gasteiger partial charge >= 0.3 is 0 Å². The molecule has 86 valence electrons. The Hall–Kier alpha value is -2.62. The molecule has 0 radical (unpaired) electrons. The van der Waals surface area contributed by atoms with Crippen molar-refractivity contribution in [2.24, 2.45) is 0 Å². The highest BCUT2D eigenvalue weighted by Gasteiger charge is 2.05. The van der Waals surface area contributed by atoms with E-state index in [1.165, 1.54) is 0 Å². The van der Waals surface area contributed by atoms with E-state index >= 15 is 0 Å². The summed E-state index contributed by atoms with van der Waals surface area (Å²) < 4.78 is 4.02. The van der Waals surface area contributed by atoms with Crippen LogP contribution < -0.4 is 0 Å². The molecule has 4 rings (SSSR count). The molecule has 0 saturated carbocycles. The monoisotopic (exact) mass is 234 g/mol. The molecule has 4 nitrogen and oxygen atoms in total. The van der Waals surface area contributed by atoms with Crippen molar-refractivity contribution < 1.29 is 0 Å². The molecule has 0 amide bonds. The zero-order valence-corrected chi connectivity index (χ0v) is 9.56. The predicted octanol–water partition coefficient (Wildman–Crippen LogP) is 2.65.